The van der Waals surface area contributed by atoms with Crippen molar-refractivity contribution in [2.45, 2.75) is 25.3 Å². The molecule has 0 bridgehead atoms. The van der Waals surface area contributed by atoms with E-state index in [0.29, 0.717) is 17.9 Å². The van der Waals surface area contributed by atoms with E-state index in [1.54, 1.807) is 12.1 Å². The zero-order valence-corrected chi connectivity index (χ0v) is 12.7. The van der Waals surface area contributed by atoms with Crippen LogP contribution in [0.15, 0.2) is 33.2 Å². The van der Waals surface area contributed by atoms with Crippen molar-refractivity contribution in [3.05, 3.63) is 34.5 Å². The molecule has 1 unspecified atom stereocenters. The van der Waals surface area contributed by atoms with Gasteiger partial charge in [0.25, 0.3) is 5.91 Å². The zero-order valence-electron chi connectivity index (χ0n) is 11.1. The monoisotopic (exact) mass is 351 g/mol. The highest BCUT2D eigenvalue weighted by molar-refractivity contribution is 9.10. The van der Waals surface area contributed by atoms with Crippen molar-refractivity contribution in [3.8, 4) is 0 Å². The lowest BCUT2D eigenvalue weighted by molar-refractivity contribution is -0.139. The summed E-state index contributed by atoms with van der Waals surface area (Å²) >= 11 is 3.35. The molecule has 1 aliphatic rings. The number of furan rings is 1. The number of hydrogen-bond donors (Lipinski definition) is 2. The van der Waals surface area contributed by atoms with Crippen molar-refractivity contribution in [3.63, 3.8) is 0 Å². The number of benzene rings is 1. The summed E-state index contributed by atoms with van der Waals surface area (Å²) in [6.07, 6.45) is 2.56. The molecule has 1 aliphatic carbocycles. The molecule has 21 heavy (non-hydrogen) atoms. The van der Waals surface area contributed by atoms with Gasteiger partial charge in [0.05, 0.1) is 0 Å². The second-order valence-corrected chi connectivity index (χ2v) is 6.25. The van der Waals surface area contributed by atoms with Gasteiger partial charge in [0.15, 0.2) is 5.76 Å². The number of amides is 1. The molecule has 5 nitrogen and oxygen atoms in total. The summed E-state index contributed by atoms with van der Waals surface area (Å²) < 4.78 is 6.35. The molecule has 1 aromatic carbocycles. The Balaban J connectivity index is 1.77. The molecule has 1 aromatic heterocycles. The van der Waals surface area contributed by atoms with Gasteiger partial charge in [-0.25, -0.2) is 4.79 Å². The third-order valence-electron chi connectivity index (χ3n) is 3.57. The fourth-order valence-corrected chi connectivity index (χ4v) is 2.64. The summed E-state index contributed by atoms with van der Waals surface area (Å²) in [5, 5.41) is 12.5. The lowest BCUT2D eigenvalue weighted by Gasteiger charge is -2.12. The minimum absolute atomic E-state index is 0.130. The van der Waals surface area contributed by atoms with E-state index in [1.807, 2.05) is 12.1 Å². The minimum atomic E-state index is -1.01. The first-order valence-electron chi connectivity index (χ1n) is 6.75. The van der Waals surface area contributed by atoms with Crippen molar-refractivity contribution in [2.24, 2.45) is 5.92 Å². The van der Waals surface area contributed by atoms with Crippen molar-refractivity contribution in [2.75, 3.05) is 0 Å². The van der Waals surface area contributed by atoms with Gasteiger partial charge in [-0.3, -0.25) is 4.79 Å². The molecule has 1 amide bonds. The van der Waals surface area contributed by atoms with Gasteiger partial charge in [-0.05, 0) is 36.6 Å². The molecule has 2 aromatic rings. The first kappa shape index (κ1) is 14.1. The van der Waals surface area contributed by atoms with Crippen LogP contribution in [0.3, 0.4) is 0 Å². The highest BCUT2D eigenvalue weighted by atomic mass is 79.9. The van der Waals surface area contributed by atoms with Crippen molar-refractivity contribution >= 4 is 38.8 Å². The summed E-state index contributed by atoms with van der Waals surface area (Å²) in [5.41, 5.74) is 0.595. The summed E-state index contributed by atoms with van der Waals surface area (Å²) in [7, 11) is 0. The van der Waals surface area contributed by atoms with Crippen LogP contribution in [0.4, 0.5) is 0 Å². The smallest absolute Gasteiger partial charge is 0.326 e. The van der Waals surface area contributed by atoms with Gasteiger partial charge in [0.1, 0.15) is 11.6 Å². The normalized spacial score (nSPS) is 15.9. The van der Waals surface area contributed by atoms with Crippen LogP contribution in [0.25, 0.3) is 11.0 Å². The highest BCUT2D eigenvalue weighted by Crippen LogP contribution is 2.33. The predicted molar refractivity (Wildman–Crippen MR) is 80.1 cm³/mol. The Bertz CT molecular complexity index is 705. The zero-order chi connectivity index (χ0) is 15.0. The lowest BCUT2D eigenvalue weighted by Crippen LogP contribution is -2.41. The van der Waals surface area contributed by atoms with E-state index in [4.69, 9.17) is 4.42 Å². The number of halogens is 1. The minimum Gasteiger partial charge on any atom is -0.480 e. The van der Waals surface area contributed by atoms with Crippen LogP contribution in [-0.4, -0.2) is 23.0 Å². The van der Waals surface area contributed by atoms with Crippen LogP contribution in [0.1, 0.15) is 29.8 Å². The summed E-state index contributed by atoms with van der Waals surface area (Å²) in [5.74, 6) is -0.951. The van der Waals surface area contributed by atoms with Gasteiger partial charge in [-0.15, -0.1) is 0 Å². The molecule has 0 saturated heterocycles. The number of nitrogens with one attached hydrogen (secondary N) is 1. The summed E-state index contributed by atoms with van der Waals surface area (Å²) in [6, 6.07) is 6.18. The molecule has 1 heterocycles. The van der Waals surface area contributed by atoms with Crippen LogP contribution in [0.2, 0.25) is 0 Å². The fraction of sp³-hybridized carbons (Fsp3) is 0.333. The van der Waals surface area contributed by atoms with E-state index in [9.17, 15) is 14.7 Å². The molecule has 3 rings (SSSR count). The van der Waals surface area contributed by atoms with Crippen LogP contribution in [-0.2, 0) is 4.79 Å². The third-order valence-corrected chi connectivity index (χ3v) is 4.06. The maximum Gasteiger partial charge on any atom is 0.326 e. The molecule has 0 aliphatic heterocycles. The Kier molecular flexibility index (Phi) is 3.71. The Morgan fingerprint density at radius 2 is 2.14 bits per heavy atom. The average Bonchev–Trinajstić information content (AvgIpc) is 3.14. The van der Waals surface area contributed by atoms with Gasteiger partial charge in [-0.2, -0.15) is 0 Å². The van der Waals surface area contributed by atoms with E-state index in [1.165, 1.54) is 0 Å². The van der Waals surface area contributed by atoms with Crippen LogP contribution in [0, 0.1) is 5.92 Å². The molecule has 1 fully saturated rings. The van der Waals surface area contributed by atoms with Crippen LogP contribution < -0.4 is 5.32 Å². The molecule has 0 radical (unpaired) electrons. The van der Waals surface area contributed by atoms with E-state index in [2.05, 4.69) is 21.2 Å². The number of carbonyl (C=O) groups excluding carboxylic acids is 1. The van der Waals surface area contributed by atoms with Gasteiger partial charge >= 0.3 is 5.97 Å². The number of carbonyl (C=O) groups is 2. The molecule has 0 spiro atoms. The third kappa shape index (κ3) is 3.26. The number of carboxylic acids is 1. The maximum atomic E-state index is 12.1. The number of carboxylic acid groups (broad SMARTS) is 1. The van der Waals surface area contributed by atoms with Crippen molar-refractivity contribution in [1.82, 2.24) is 5.32 Å². The number of fused-ring (bicyclic) bond motifs is 1. The quantitative estimate of drug-likeness (QED) is 0.866. The predicted octanol–water partition coefficient (Wildman–Crippen LogP) is 3.18. The van der Waals surface area contributed by atoms with Crippen LogP contribution in [0.5, 0.6) is 0 Å². The van der Waals surface area contributed by atoms with Crippen LogP contribution >= 0.6 is 15.9 Å². The molecule has 110 valence electrons. The number of rotatable bonds is 5. The lowest BCUT2D eigenvalue weighted by atomic mass is 10.1. The highest BCUT2D eigenvalue weighted by Gasteiger charge is 2.30. The molecule has 1 saturated carbocycles. The standard InChI is InChI=1S/C15H14BrNO4/c16-10-3-4-12-9(6-10)7-13(21-12)14(18)17-11(15(19)20)5-8-1-2-8/h3-4,6-8,11H,1-2,5H2,(H,17,18)(H,19,20). The summed E-state index contributed by atoms with van der Waals surface area (Å²) in [6.45, 7) is 0. The second-order valence-electron chi connectivity index (χ2n) is 5.34. The van der Waals surface area contributed by atoms with Crippen molar-refractivity contribution < 1.29 is 19.1 Å². The second kappa shape index (κ2) is 5.52. The van der Waals surface area contributed by atoms with E-state index in [0.717, 1.165) is 22.7 Å². The Morgan fingerprint density at radius 3 is 2.81 bits per heavy atom. The van der Waals surface area contributed by atoms with Gasteiger partial charge in [-0.1, -0.05) is 28.8 Å². The first-order chi connectivity index (χ1) is 10.0. The Hall–Kier alpha value is -1.82. The Morgan fingerprint density at radius 1 is 1.38 bits per heavy atom. The number of aliphatic carboxylic acids is 1. The van der Waals surface area contributed by atoms with E-state index in [-0.39, 0.29) is 5.76 Å². The van der Waals surface area contributed by atoms with Gasteiger partial charge in [0, 0.05) is 9.86 Å². The SMILES string of the molecule is O=C(NC(CC1CC1)C(=O)O)c1cc2cc(Br)ccc2o1. The van der Waals surface area contributed by atoms with E-state index >= 15 is 0 Å². The summed E-state index contributed by atoms with van der Waals surface area (Å²) in [4.78, 5) is 23.3. The first-order valence-corrected chi connectivity index (χ1v) is 7.55. The average molecular weight is 352 g/mol. The fourth-order valence-electron chi connectivity index (χ4n) is 2.26. The largest absolute Gasteiger partial charge is 0.480 e. The molecular weight excluding hydrogens is 338 g/mol. The molecule has 1 atom stereocenters. The molecular formula is C15H14BrNO4. The van der Waals surface area contributed by atoms with Gasteiger partial charge < -0.3 is 14.8 Å². The number of hydrogen-bond acceptors (Lipinski definition) is 3. The maximum absolute atomic E-state index is 12.1. The Labute approximate surface area is 129 Å². The molecule has 6 heteroatoms. The van der Waals surface area contributed by atoms with E-state index < -0.39 is 17.9 Å². The topological polar surface area (TPSA) is 79.5 Å². The van der Waals surface area contributed by atoms with Gasteiger partial charge in [0.2, 0.25) is 0 Å². The van der Waals surface area contributed by atoms with Crippen molar-refractivity contribution in [1.29, 1.82) is 0 Å². The molecule has 2 N–H and O–H groups in total.